The SMILES string of the molecule is C=C=C(C)CC1=CCCCC1. The van der Waals surface area contributed by atoms with Crippen LogP contribution >= 0.6 is 0 Å². The van der Waals surface area contributed by atoms with Crippen LogP contribution in [-0.4, -0.2) is 0 Å². The molecule has 0 atom stereocenters. The van der Waals surface area contributed by atoms with E-state index in [1.165, 1.54) is 31.3 Å². The average Bonchev–Trinajstić information content (AvgIpc) is 2.06. The number of hydrogen-bond donors (Lipinski definition) is 0. The van der Waals surface area contributed by atoms with Crippen LogP contribution in [0.1, 0.15) is 39.0 Å². The topological polar surface area (TPSA) is 0 Å². The lowest BCUT2D eigenvalue weighted by Gasteiger charge is -2.11. The Bertz CT molecular complexity index is 202. The normalized spacial score (nSPS) is 17.0. The summed E-state index contributed by atoms with van der Waals surface area (Å²) in [6.45, 7) is 5.74. The van der Waals surface area contributed by atoms with Crippen molar-refractivity contribution in [3.63, 3.8) is 0 Å². The molecule has 60 valence electrons. The molecule has 0 N–H and O–H groups in total. The van der Waals surface area contributed by atoms with Crippen molar-refractivity contribution in [2.45, 2.75) is 39.0 Å². The molecule has 0 radical (unpaired) electrons. The third-order valence-electron chi connectivity index (χ3n) is 2.18. The maximum absolute atomic E-state index is 3.64. The fourth-order valence-corrected chi connectivity index (χ4v) is 1.47. The number of rotatable bonds is 2. The number of allylic oxidation sites excluding steroid dienone is 3. The van der Waals surface area contributed by atoms with Crippen LogP contribution in [0, 0.1) is 0 Å². The molecule has 0 spiro atoms. The quantitative estimate of drug-likeness (QED) is 0.414. The largest absolute Gasteiger partial charge is 0.130 e. The summed E-state index contributed by atoms with van der Waals surface area (Å²) in [7, 11) is 0. The Kier molecular flexibility index (Phi) is 3.19. The van der Waals surface area contributed by atoms with E-state index >= 15 is 0 Å². The van der Waals surface area contributed by atoms with Crippen LogP contribution in [0.4, 0.5) is 0 Å². The lowest BCUT2D eigenvalue weighted by molar-refractivity contribution is 0.687. The maximum Gasteiger partial charge on any atom is -0.00352 e. The highest BCUT2D eigenvalue weighted by atomic mass is 14.1. The Morgan fingerprint density at radius 2 is 2.45 bits per heavy atom. The van der Waals surface area contributed by atoms with Crippen LogP contribution in [-0.2, 0) is 0 Å². The minimum Gasteiger partial charge on any atom is -0.130 e. The molecule has 1 aliphatic rings. The Hall–Kier alpha value is -0.740. The van der Waals surface area contributed by atoms with Crippen molar-refractivity contribution in [2.24, 2.45) is 0 Å². The van der Waals surface area contributed by atoms with Gasteiger partial charge in [-0.05, 0) is 44.6 Å². The third kappa shape index (κ3) is 2.78. The molecule has 11 heavy (non-hydrogen) atoms. The van der Waals surface area contributed by atoms with Gasteiger partial charge in [0, 0.05) is 0 Å². The summed E-state index contributed by atoms with van der Waals surface area (Å²) in [6.07, 6.45) is 8.79. The fourth-order valence-electron chi connectivity index (χ4n) is 1.47. The van der Waals surface area contributed by atoms with Crippen LogP contribution in [0.3, 0.4) is 0 Å². The fraction of sp³-hybridized carbons (Fsp3) is 0.545. The molecular weight excluding hydrogens is 132 g/mol. The molecule has 0 aliphatic heterocycles. The second-order valence-corrected chi connectivity index (χ2v) is 3.24. The van der Waals surface area contributed by atoms with Crippen molar-refractivity contribution >= 4 is 0 Å². The predicted molar refractivity (Wildman–Crippen MR) is 49.5 cm³/mol. The van der Waals surface area contributed by atoms with Gasteiger partial charge in [0.25, 0.3) is 0 Å². The molecule has 0 unspecified atom stereocenters. The van der Waals surface area contributed by atoms with Gasteiger partial charge in [0.2, 0.25) is 0 Å². The summed E-state index contributed by atoms with van der Waals surface area (Å²) < 4.78 is 0. The van der Waals surface area contributed by atoms with Gasteiger partial charge < -0.3 is 0 Å². The van der Waals surface area contributed by atoms with Gasteiger partial charge in [0.15, 0.2) is 0 Å². The van der Waals surface area contributed by atoms with Gasteiger partial charge in [0.1, 0.15) is 0 Å². The van der Waals surface area contributed by atoms with E-state index in [1.54, 1.807) is 5.57 Å². The predicted octanol–water partition coefficient (Wildman–Crippen LogP) is 3.61. The first kappa shape index (κ1) is 8.36. The molecule has 1 rings (SSSR count). The van der Waals surface area contributed by atoms with Crippen LogP contribution < -0.4 is 0 Å². The van der Waals surface area contributed by atoms with Crippen molar-refractivity contribution in [2.75, 3.05) is 0 Å². The Morgan fingerprint density at radius 3 is 3.00 bits per heavy atom. The van der Waals surface area contributed by atoms with Gasteiger partial charge in [-0.3, -0.25) is 0 Å². The lowest BCUT2D eigenvalue weighted by Crippen LogP contribution is -1.91. The lowest BCUT2D eigenvalue weighted by atomic mass is 9.95. The van der Waals surface area contributed by atoms with Gasteiger partial charge in [-0.25, -0.2) is 0 Å². The minimum atomic E-state index is 1.10. The van der Waals surface area contributed by atoms with Gasteiger partial charge in [-0.2, -0.15) is 0 Å². The first-order valence-electron chi connectivity index (χ1n) is 4.36. The van der Waals surface area contributed by atoms with E-state index in [-0.39, 0.29) is 0 Å². The smallest absolute Gasteiger partial charge is 0.00352 e. The number of hydrogen-bond acceptors (Lipinski definition) is 0. The molecule has 0 amide bonds. The minimum absolute atomic E-state index is 1.10. The molecule has 0 saturated carbocycles. The summed E-state index contributed by atoms with van der Waals surface area (Å²) in [4.78, 5) is 0. The molecule has 0 heterocycles. The second kappa shape index (κ2) is 4.20. The van der Waals surface area contributed by atoms with E-state index in [4.69, 9.17) is 0 Å². The highest BCUT2D eigenvalue weighted by Crippen LogP contribution is 2.22. The Balaban J connectivity index is 2.48. The molecular formula is C11H16. The van der Waals surface area contributed by atoms with Crippen molar-refractivity contribution in [3.8, 4) is 0 Å². The molecule has 0 aromatic rings. The van der Waals surface area contributed by atoms with Crippen LogP contribution in [0.25, 0.3) is 0 Å². The van der Waals surface area contributed by atoms with E-state index in [1.807, 2.05) is 0 Å². The van der Waals surface area contributed by atoms with Gasteiger partial charge in [0.05, 0.1) is 0 Å². The van der Waals surface area contributed by atoms with E-state index in [0.29, 0.717) is 0 Å². The van der Waals surface area contributed by atoms with Crippen LogP contribution in [0.2, 0.25) is 0 Å². The molecule has 0 saturated heterocycles. The van der Waals surface area contributed by atoms with Gasteiger partial charge in [-0.15, -0.1) is 5.73 Å². The van der Waals surface area contributed by atoms with E-state index < -0.39 is 0 Å². The van der Waals surface area contributed by atoms with Crippen LogP contribution in [0.15, 0.2) is 29.5 Å². The zero-order valence-corrected chi connectivity index (χ0v) is 7.32. The van der Waals surface area contributed by atoms with E-state index in [2.05, 4.69) is 25.3 Å². The maximum atomic E-state index is 3.64. The molecule has 0 nitrogen and oxygen atoms in total. The molecule has 0 aromatic carbocycles. The summed E-state index contributed by atoms with van der Waals surface area (Å²) >= 11 is 0. The van der Waals surface area contributed by atoms with E-state index in [9.17, 15) is 0 Å². The highest BCUT2D eigenvalue weighted by molar-refractivity contribution is 5.14. The van der Waals surface area contributed by atoms with Crippen molar-refractivity contribution in [1.82, 2.24) is 0 Å². The molecule has 0 aromatic heterocycles. The Labute approximate surface area is 69.3 Å². The van der Waals surface area contributed by atoms with Crippen LogP contribution in [0.5, 0.6) is 0 Å². The summed E-state index contributed by atoms with van der Waals surface area (Å²) in [5.74, 6) is 0. The highest BCUT2D eigenvalue weighted by Gasteiger charge is 2.02. The molecule has 0 heteroatoms. The summed E-state index contributed by atoms with van der Waals surface area (Å²) in [5, 5.41) is 0. The standard InChI is InChI=1S/C11H16/c1-3-10(2)9-11-7-5-4-6-8-11/h7H,1,4-6,8-9H2,2H3. The first-order chi connectivity index (χ1) is 5.33. The average molecular weight is 148 g/mol. The zero-order valence-electron chi connectivity index (χ0n) is 7.32. The van der Waals surface area contributed by atoms with E-state index in [0.717, 1.165) is 6.42 Å². The van der Waals surface area contributed by atoms with Gasteiger partial charge >= 0.3 is 0 Å². The first-order valence-corrected chi connectivity index (χ1v) is 4.36. The molecule has 0 fully saturated rings. The summed E-state index contributed by atoms with van der Waals surface area (Å²) in [6, 6.07) is 0. The van der Waals surface area contributed by atoms with Gasteiger partial charge in [-0.1, -0.05) is 18.2 Å². The Morgan fingerprint density at radius 1 is 1.64 bits per heavy atom. The second-order valence-electron chi connectivity index (χ2n) is 3.24. The monoisotopic (exact) mass is 148 g/mol. The van der Waals surface area contributed by atoms with Crippen molar-refractivity contribution in [1.29, 1.82) is 0 Å². The third-order valence-corrected chi connectivity index (χ3v) is 2.18. The van der Waals surface area contributed by atoms with Crippen molar-refractivity contribution in [3.05, 3.63) is 29.5 Å². The zero-order chi connectivity index (χ0) is 8.10. The van der Waals surface area contributed by atoms with Crippen molar-refractivity contribution < 1.29 is 0 Å². The molecule has 1 aliphatic carbocycles. The summed E-state index contributed by atoms with van der Waals surface area (Å²) in [5.41, 5.74) is 5.80. The molecule has 0 bridgehead atoms.